The molecule has 1 heterocycles. The number of unbranched alkanes of at least 4 members (excludes halogenated alkanes) is 3. The molecular weight excluding hydrogens is 380 g/mol. The van der Waals surface area contributed by atoms with E-state index in [1.54, 1.807) is 14.0 Å². The van der Waals surface area contributed by atoms with Gasteiger partial charge in [0.15, 0.2) is 0 Å². The number of ether oxygens (including phenoxy) is 1. The summed E-state index contributed by atoms with van der Waals surface area (Å²) in [6, 6.07) is 8.82. The second-order valence-corrected chi connectivity index (χ2v) is 8.30. The molecular formula is C24H38N2O4. The number of carbonyl (C=O) groups is 2. The Labute approximate surface area is 181 Å². The first-order chi connectivity index (χ1) is 14.5. The number of hydrogen-bond acceptors (Lipinski definition) is 4. The Bertz CT molecular complexity index is 652. The van der Waals surface area contributed by atoms with Crippen LogP contribution >= 0.6 is 0 Å². The Morgan fingerprint density at radius 1 is 1.23 bits per heavy atom. The molecule has 1 aromatic rings. The number of aliphatic hydroxyl groups is 1. The summed E-state index contributed by atoms with van der Waals surface area (Å²) < 4.78 is 5.64. The van der Waals surface area contributed by atoms with E-state index in [0.29, 0.717) is 6.42 Å². The van der Waals surface area contributed by atoms with Crippen LogP contribution in [0.3, 0.4) is 0 Å². The Balaban J connectivity index is 1.88. The summed E-state index contributed by atoms with van der Waals surface area (Å²) >= 11 is 0. The zero-order valence-electron chi connectivity index (χ0n) is 18.7. The molecule has 2 N–H and O–H groups in total. The van der Waals surface area contributed by atoms with Crippen molar-refractivity contribution in [3.05, 3.63) is 35.9 Å². The largest absolute Gasteiger partial charge is 0.386 e. The van der Waals surface area contributed by atoms with Crippen LogP contribution in [-0.4, -0.2) is 53.7 Å². The van der Waals surface area contributed by atoms with E-state index in [1.807, 2.05) is 35.2 Å². The summed E-state index contributed by atoms with van der Waals surface area (Å²) in [5.74, 6) is -0.00416. The predicted molar refractivity (Wildman–Crippen MR) is 118 cm³/mol. The van der Waals surface area contributed by atoms with Gasteiger partial charge < -0.3 is 20.1 Å². The summed E-state index contributed by atoms with van der Waals surface area (Å²) in [5, 5.41) is 13.4. The molecule has 1 aliphatic heterocycles. The number of nitrogens with one attached hydrogen (secondary N) is 1. The molecule has 0 aliphatic carbocycles. The zero-order chi connectivity index (χ0) is 21.9. The lowest BCUT2D eigenvalue weighted by atomic mass is 10.0. The van der Waals surface area contributed by atoms with Crippen molar-refractivity contribution in [1.82, 2.24) is 10.2 Å². The maximum absolute atomic E-state index is 12.7. The van der Waals surface area contributed by atoms with Crippen LogP contribution in [0.2, 0.25) is 0 Å². The van der Waals surface area contributed by atoms with Crippen molar-refractivity contribution in [1.29, 1.82) is 0 Å². The van der Waals surface area contributed by atoms with Gasteiger partial charge in [0, 0.05) is 20.1 Å². The summed E-state index contributed by atoms with van der Waals surface area (Å²) in [6.45, 7) is 4.69. The highest BCUT2D eigenvalue weighted by Crippen LogP contribution is 2.25. The van der Waals surface area contributed by atoms with Gasteiger partial charge in [-0.2, -0.15) is 0 Å². The van der Waals surface area contributed by atoms with Crippen LogP contribution in [0.5, 0.6) is 0 Å². The zero-order valence-corrected chi connectivity index (χ0v) is 18.7. The first-order valence-electron chi connectivity index (χ1n) is 11.3. The molecule has 0 radical (unpaired) electrons. The number of aliphatic hydroxyl groups excluding tert-OH is 1. The van der Waals surface area contributed by atoms with Gasteiger partial charge in [0.1, 0.15) is 0 Å². The summed E-state index contributed by atoms with van der Waals surface area (Å²) in [6.07, 6.45) is 5.73. The molecule has 6 nitrogen and oxygen atoms in total. The Hall–Kier alpha value is -1.92. The van der Waals surface area contributed by atoms with E-state index < -0.39 is 12.1 Å². The third kappa shape index (κ3) is 7.10. The van der Waals surface area contributed by atoms with Crippen LogP contribution in [-0.2, 0) is 14.3 Å². The number of amides is 2. The third-order valence-corrected chi connectivity index (χ3v) is 5.99. The Morgan fingerprint density at radius 2 is 1.97 bits per heavy atom. The maximum Gasteiger partial charge on any atom is 0.223 e. The van der Waals surface area contributed by atoms with Crippen molar-refractivity contribution in [3.8, 4) is 0 Å². The number of hydrogen-bond donors (Lipinski definition) is 2. The molecule has 1 aromatic carbocycles. The molecule has 30 heavy (non-hydrogen) atoms. The fourth-order valence-corrected chi connectivity index (χ4v) is 4.23. The molecule has 0 bridgehead atoms. The number of benzene rings is 1. The SMILES string of the molecule is CCCCCCC(=O)N1CCC[C@H]1[C@@H](CC(=O)N[C@H](C)[C@@H](O)c1ccccc1)OC. The summed E-state index contributed by atoms with van der Waals surface area (Å²) in [4.78, 5) is 27.2. The fourth-order valence-electron chi connectivity index (χ4n) is 4.23. The van der Waals surface area contributed by atoms with Crippen molar-refractivity contribution in [3.63, 3.8) is 0 Å². The number of likely N-dealkylation sites (tertiary alicyclic amines) is 1. The van der Waals surface area contributed by atoms with Gasteiger partial charge in [0.25, 0.3) is 0 Å². The van der Waals surface area contributed by atoms with E-state index >= 15 is 0 Å². The highest BCUT2D eigenvalue weighted by Gasteiger charge is 2.36. The molecule has 1 fully saturated rings. The third-order valence-electron chi connectivity index (χ3n) is 5.99. The van der Waals surface area contributed by atoms with Gasteiger partial charge in [-0.25, -0.2) is 0 Å². The number of carbonyl (C=O) groups excluding carboxylic acids is 2. The number of nitrogens with zero attached hydrogens (tertiary/aromatic N) is 1. The number of rotatable bonds is 12. The standard InChI is InChI=1S/C24H38N2O4/c1-4-5-6-10-15-23(28)26-16-11-14-20(26)21(30-3)17-22(27)25-18(2)24(29)19-12-8-7-9-13-19/h7-9,12-13,18,20-21,24,29H,4-6,10-11,14-17H2,1-3H3,(H,25,27)/t18-,20+,21-,24-/m1/s1. The van der Waals surface area contributed by atoms with Crippen molar-refractivity contribution in [2.75, 3.05) is 13.7 Å². The lowest BCUT2D eigenvalue weighted by Crippen LogP contribution is -2.46. The maximum atomic E-state index is 12.7. The van der Waals surface area contributed by atoms with E-state index in [-0.39, 0.29) is 30.4 Å². The molecule has 0 spiro atoms. The molecule has 6 heteroatoms. The minimum Gasteiger partial charge on any atom is -0.386 e. The second-order valence-electron chi connectivity index (χ2n) is 8.30. The Morgan fingerprint density at radius 3 is 2.63 bits per heavy atom. The Kier molecular flexibility index (Phi) is 10.3. The quantitative estimate of drug-likeness (QED) is 0.509. The summed E-state index contributed by atoms with van der Waals surface area (Å²) in [5.41, 5.74) is 0.768. The molecule has 0 aromatic heterocycles. The van der Waals surface area contributed by atoms with E-state index in [9.17, 15) is 14.7 Å². The monoisotopic (exact) mass is 418 g/mol. The van der Waals surface area contributed by atoms with Gasteiger partial charge in [0.2, 0.25) is 11.8 Å². The van der Waals surface area contributed by atoms with Crippen LogP contribution in [0, 0.1) is 0 Å². The first-order valence-corrected chi connectivity index (χ1v) is 11.3. The van der Waals surface area contributed by atoms with Crippen LogP contribution < -0.4 is 5.32 Å². The van der Waals surface area contributed by atoms with E-state index in [1.165, 1.54) is 0 Å². The topological polar surface area (TPSA) is 78.9 Å². The van der Waals surface area contributed by atoms with Gasteiger partial charge >= 0.3 is 0 Å². The van der Waals surface area contributed by atoms with E-state index in [0.717, 1.165) is 50.6 Å². The molecule has 0 unspecified atom stereocenters. The van der Waals surface area contributed by atoms with Gasteiger partial charge in [0.05, 0.1) is 30.7 Å². The molecule has 2 rings (SSSR count). The number of methoxy groups -OCH3 is 1. The van der Waals surface area contributed by atoms with Crippen LogP contribution in [0.15, 0.2) is 30.3 Å². The van der Waals surface area contributed by atoms with Gasteiger partial charge in [-0.3, -0.25) is 9.59 Å². The van der Waals surface area contributed by atoms with Crippen LogP contribution in [0.25, 0.3) is 0 Å². The lowest BCUT2D eigenvalue weighted by molar-refractivity contribution is -0.137. The predicted octanol–water partition coefficient (Wildman–Crippen LogP) is 3.59. The normalized spacial score (nSPS) is 19.3. The molecule has 168 valence electrons. The highest BCUT2D eigenvalue weighted by molar-refractivity contribution is 5.78. The van der Waals surface area contributed by atoms with Crippen LogP contribution in [0.4, 0.5) is 0 Å². The van der Waals surface area contributed by atoms with Crippen LogP contribution in [0.1, 0.15) is 76.9 Å². The fraction of sp³-hybridized carbons (Fsp3) is 0.667. The van der Waals surface area contributed by atoms with Crippen molar-refractivity contribution in [2.45, 2.75) is 89.5 Å². The molecule has 4 atom stereocenters. The van der Waals surface area contributed by atoms with Gasteiger partial charge in [-0.05, 0) is 31.7 Å². The minimum atomic E-state index is -0.774. The van der Waals surface area contributed by atoms with Crippen molar-refractivity contribution < 1.29 is 19.4 Å². The van der Waals surface area contributed by atoms with Gasteiger partial charge in [-0.15, -0.1) is 0 Å². The molecule has 1 aliphatic rings. The average molecular weight is 419 g/mol. The summed E-state index contributed by atoms with van der Waals surface area (Å²) in [7, 11) is 1.60. The van der Waals surface area contributed by atoms with E-state index in [2.05, 4.69) is 12.2 Å². The molecule has 0 saturated carbocycles. The first kappa shape index (κ1) is 24.4. The average Bonchev–Trinajstić information content (AvgIpc) is 3.24. The smallest absolute Gasteiger partial charge is 0.223 e. The molecule has 1 saturated heterocycles. The van der Waals surface area contributed by atoms with Gasteiger partial charge in [-0.1, -0.05) is 56.5 Å². The second kappa shape index (κ2) is 12.7. The van der Waals surface area contributed by atoms with E-state index in [4.69, 9.17) is 4.74 Å². The van der Waals surface area contributed by atoms with Crippen molar-refractivity contribution >= 4 is 11.8 Å². The minimum absolute atomic E-state index is 0.0613. The lowest BCUT2D eigenvalue weighted by Gasteiger charge is -2.31. The highest BCUT2D eigenvalue weighted by atomic mass is 16.5. The molecule has 2 amide bonds. The van der Waals surface area contributed by atoms with Crippen molar-refractivity contribution in [2.24, 2.45) is 0 Å².